The molecule has 13 nitrogen and oxygen atoms in total. The molecule has 0 aromatic heterocycles. The van der Waals surface area contributed by atoms with Crippen LogP contribution in [-0.4, -0.2) is 130 Å². The zero-order valence-electron chi connectivity index (χ0n) is 33.3. The van der Waals surface area contributed by atoms with Gasteiger partial charge in [0.2, 0.25) is 23.6 Å². The standard InChI is InChI=1S/C34H54FN5O7.C3H8.CH4O/c1-9-11-25(39(6)30(43)20-38-34(45)31(36-5)21(2)3)28(46-7)18-29(42)40-17-10-12-26(40)32(47-8)22(4)33(44)37-19-27(41)23-13-15-24(35)16-14-23;1-3-2;1-2/h13-16,21-22,25-26,28,31-32,36H,9-12,17-20H2,1-8H3,(H,37,44)(H,38,45);3H2,1-2H3;2H,1H3/t22?,25-,26?,28?,31?,32?;;/m0../s1. The number of nitrogens with zero attached hydrogens (tertiary/aromatic N) is 2. The quantitative estimate of drug-likeness (QED) is 0.156. The third-order valence-electron chi connectivity index (χ3n) is 9.02. The lowest BCUT2D eigenvalue weighted by Crippen LogP contribution is -2.53. The van der Waals surface area contributed by atoms with Crippen LogP contribution in [0.3, 0.4) is 0 Å². The zero-order valence-corrected chi connectivity index (χ0v) is 33.3. The van der Waals surface area contributed by atoms with E-state index in [4.69, 9.17) is 14.6 Å². The maximum Gasteiger partial charge on any atom is 0.242 e. The van der Waals surface area contributed by atoms with Gasteiger partial charge in [-0.15, -0.1) is 0 Å². The van der Waals surface area contributed by atoms with Gasteiger partial charge in [0.05, 0.1) is 55.8 Å². The first-order valence-corrected chi connectivity index (χ1v) is 18.3. The highest BCUT2D eigenvalue weighted by Crippen LogP contribution is 2.28. The Bertz CT molecular complexity index is 1220. The molecular formula is C38H66FN5O8. The van der Waals surface area contributed by atoms with E-state index in [-0.39, 0.29) is 60.5 Å². The summed E-state index contributed by atoms with van der Waals surface area (Å²) in [6.45, 7) is 11.8. The molecule has 1 heterocycles. The summed E-state index contributed by atoms with van der Waals surface area (Å²) in [7, 11) is 7.36. The Kier molecular flexibility index (Phi) is 24.6. The number of likely N-dealkylation sites (N-methyl/N-ethyl adjacent to an activating group) is 2. The molecule has 0 saturated carbocycles. The van der Waals surface area contributed by atoms with Crippen LogP contribution >= 0.6 is 0 Å². The number of hydrogen-bond acceptors (Lipinski definition) is 9. The van der Waals surface area contributed by atoms with Gasteiger partial charge >= 0.3 is 0 Å². The second kappa shape index (κ2) is 26.3. The van der Waals surface area contributed by atoms with E-state index in [1.54, 1.807) is 30.8 Å². The number of aliphatic hydroxyl groups is 1. The van der Waals surface area contributed by atoms with Crippen LogP contribution in [0.4, 0.5) is 4.39 Å². The molecular weight excluding hydrogens is 673 g/mol. The van der Waals surface area contributed by atoms with Crippen molar-refractivity contribution < 1.29 is 42.9 Å². The summed E-state index contributed by atoms with van der Waals surface area (Å²) in [5.74, 6) is -2.56. The summed E-state index contributed by atoms with van der Waals surface area (Å²) in [4.78, 5) is 68.4. The van der Waals surface area contributed by atoms with E-state index in [0.717, 1.165) is 20.0 Å². The van der Waals surface area contributed by atoms with Gasteiger partial charge in [0.25, 0.3) is 0 Å². The lowest BCUT2D eigenvalue weighted by Gasteiger charge is -2.37. The first-order valence-electron chi connectivity index (χ1n) is 18.3. The predicted molar refractivity (Wildman–Crippen MR) is 200 cm³/mol. The number of benzene rings is 1. The Morgan fingerprint density at radius 3 is 2.04 bits per heavy atom. The number of likely N-dealkylation sites (tertiary alicyclic amines) is 1. The van der Waals surface area contributed by atoms with Gasteiger partial charge in [-0.1, -0.05) is 54.4 Å². The van der Waals surface area contributed by atoms with Crippen molar-refractivity contribution in [1.82, 2.24) is 25.8 Å². The van der Waals surface area contributed by atoms with E-state index in [2.05, 4.69) is 29.8 Å². The number of Topliss-reactive ketones (excluding diaryl/α,β-unsaturated/α-hetero) is 1. The molecule has 0 radical (unpaired) electrons. The summed E-state index contributed by atoms with van der Waals surface area (Å²) in [5, 5.41) is 15.3. The van der Waals surface area contributed by atoms with E-state index >= 15 is 0 Å². The van der Waals surface area contributed by atoms with E-state index in [0.29, 0.717) is 19.4 Å². The van der Waals surface area contributed by atoms with Crippen molar-refractivity contribution in [3.05, 3.63) is 35.6 Å². The molecule has 1 aliphatic heterocycles. The SMILES string of the molecule is CCC.CCC[C@@H](C(CC(=O)N1CCCC1C(OC)C(C)C(=O)NCC(=O)c1ccc(F)cc1)OC)N(C)C(=O)CNC(=O)C(NC)C(C)C.CO. The summed E-state index contributed by atoms with van der Waals surface area (Å²) >= 11 is 0. The highest BCUT2D eigenvalue weighted by atomic mass is 19.1. The number of rotatable bonds is 19. The van der Waals surface area contributed by atoms with Crippen molar-refractivity contribution in [2.24, 2.45) is 11.8 Å². The van der Waals surface area contributed by atoms with Crippen molar-refractivity contribution in [2.45, 2.75) is 110 Å². The fourth-order valence-corrected chi connectivity index (χ4v) is 6.29. The van der Waals surface area contributed by atoms with Crippen molar-refractivity contribution in [3.8, 4) is 0 Å². The molecule has 1 aromatic carbocycles. The normalized spacial score (nSPS) is 16.6. The van der Waals surface area contributed by atoms with Crippen LogP contribution in [0, 0.1) is 17.7 Å². The summed E-state index contributed by atoms with van der Waals surface area (Å²) in [6.07, 6.45) is 2.72. The van der Waals surface area contributed by atoms with Crippen LogP contribution < -0.4 is 16.0 Å². The summed E-state index contributed by atoms with van der Waals surface area (Å²) in [5.41, 5.74) is 0.287. The van der Waals surface area contributed by atoms with E-state index in [9.17, 15) is 28.4 Å². The smallest absolute Gasteiger partial charge is 0.242 e. The van der Waals surface area contributed by atoms with Gasteiger partial charge in [-0.2, -0.15) is 0 Å². The minimum atomic E-state index is -0.678. The molecule has 1 fully saturated rings. The fourth-order valence-electron chi connectivity index (χ4n) is 6.29. The van der Waals surface area contributed by atoms with Gasteiger partial charge in [0.15, 0.2) is 5.78 Å². The Morgan fingerprint density at radius 2 is 1.54 bits per heavy atom. The fraction of sp³-hybridized carbons (Fsp3) is 0.711. The molecule has 1 saturated heterocycles. The lowest BCUT2D eigenvalue weighted by atomic mass is 9.94. The Morgan fingerprint density at radius 1 is 0.962 bits per heavy atom. The first kappa shape index (κ1) is 48.5. The maximum atomic E-state index is 13.8. The average molecular weight is 740 g/mol. The van der Waals surface area contributed by atoms with Crippen LogP contribution in [0.1, 0.15) is 90.4 Å². The Balaban J connectivity index is 0.00000493. The topological polar surface area (TPSA) is 167 Å². The lowest BCUT2D eigenvalue weighted by molar-refractivity contribution is -0.144. The maximum absolute atomic E-state index is 13.8. The molecule has 1 aliphatic rings. The molecule has 52 heavy (non-hydrogen) atoms. The minimum Gasteiger partial charge on any atom is -0.400 e. The van der Waals surface area contributed by atoms with Crippen LogP contribution in [0.2, 0.25) is 0 Å². The number of ether oxygens (including phenoxy) is 2. The van der Waals surface area contributed by atoms with Gasteiger partial charge in [-0.25, -0.2) is 4.39 Å². The second-order valence-electron chi connectivity index (χ2n) is 13.2. The second-order valence-corrected chi connectivity index (χ2v) is 13.2. The van der Waals surface area contributed by atoms with E-state index in [1.165, 1.54) is 44.9 Å². The molecule has 4 N–H and O–H groups in total. The van der Waals surface area contributed by atoms with Gasteiger partial charge < -0.3 is 40.3 Å². The molecule has 4 amide bonds. The number of halogens is 1. The molecule has 0 bridgehead atoms. The number of nitrogens with one attached hydrogen (secondary N) is 3. The largest absolute Gasteiger partial charge is 0.400 e. The molecule has 5 unspecified atom stereocenters. The summed E-state index contributed by atoms with van der Waals surface area (Å²) < 4.78 is 24.8. The number of carbonyl (C=O) groups is 5. The zero-order chi connectivity index (χ0) is 40.0. The molecule has 298 valence electrons. The van der Waals surface area contributed by atoms with Gasteiger partial charge in [0, 0.05) is 40.5 Å². The predicted octanol–water partition coefficient (Wildman–Crippen LogP) is 3.18. The van der Waals surface area contributed by atoms with Crippen LogP contribution in [-0.2, 0) is 28.7 Å². The number of hydrogen-bond donors (Lipinski definition) is 4. The molecule has 2 rings (SSSR count). The number of aliphatic hydroxyl groups excluding tert-OH is 1. The van der Waals surface area contributed by atoms with Crippen molar-refractivity contribution in [3.63, 3.8) is 0 Å². The van der Waals surface area contributed by atoms with Crippen LogP contribution in [0.5, 0.6) is 0 Å². The number of ketones is 1. The Hall–Kier alpha value is -3.46. The van der Waals surface area contributed by atoms with Crippen molar-refractivity contribution in [1.29, 1.82) is 0 Å². The molecule has 14 heteroatoms. The number of carbonyl (C=O) groups excluding carboxylic acids is 5. The van der Waals surface area contributed by atoms with Crippen LogP contribution in [0.25, 0.3) is 0 Å². The molecule has 0 spiro atoms. The molecule has 1 aromatic rings. The highest BCUT2D eigenvalue weighted by Gasteiger charge is 2.41. The summed E-state index contributed by atoms with van der Waals surface area (Å²) in [6, 6.07) is 3.89. The minimum absolute atomic E-state index is 0.0139. The number of amides is 4. The van der Waals surface area contributed by atoms with Gasteiger partial charge in [-0.3, -0.25) is 24.0 Å². The monoisotopic (exact) mass is 739 g/mol. The number of methoxy groups -OCH3 is 2. The van der Waals surface area contributed by atoms with Crippen LogP contribution in [0.15, 0.2) is 24.3 Å². The average Bonchev–Trinajstić information content (AvgIpc) is 3.62. The third-order valence-corrected chi connectivity index (χ3v) is 9.02. The van der Waals surface area contributed by atoms with Gasteiger partial charge in [-0.05, 0) is 56.5 Å². The first-order chi connectivity index (χ1) is 24.7. The van der Waals surface area contributed by atoms with Gasteiger partial charge in [0.1, 0.15) is 5.82 Å². The molecule has 0 aliphatic carbocycles. The van der Waals surface area contributed by atoms with Crippen molar-refractivity contribution in [2.75, 3.05) is 55.1 Å². The van der Waals surface area contributed by atoms with E-state index in [1.807, 2.05) is 20.8 Å². The van der Waals surface area contributed by atoms with Crippen molar-refractivity contribution >= 4 is 29.4 Å². The van der Waals surface area contributed by atoms with E-state index < -0.39 is 41.9 Å². The highest BCUT2D eigenvalue weighted by molar-refractivity contribution is 5.99. The Labute approximate surface area is 310 Å². The third kappa shape index (κ3) is 15.3. The molecule has 6 atom stereocenters.